The summed E-state index contributed by atoms with van der Waals surface area (Å²) < 4.78 is 2.50. The summed E-state index contributed by atoms with van der Waals surface area (Å²) in [5.74, 6) is 0. The highest BCUT2D eigenvalue weighted by Gasteiger charge is 2.05. The van der Waals surface area contributed by atoms with Crippen LogP contribution in [0.5, 0.6) is 0 Å². The minimum absolute atomic E-state index is 1.06. The Bertz CT molecular complexity index is 613. The lowest BCUT2D eigenvalue weighted by molar-refractivity contribution is 1.23. The molecule has 0 radical (unpaired) electrons. The lowest BCUT2D eigenvalue weighted by Gasteiger charge is -1.91. The summed E-state index contributed by atoms with van der Waals surface area (Å²) in [6.45, 7) is 2.01. The van der Waals surface area contributed by atoms with Crippen molar-refractivity contribution in [2.24, 2.45) is 0 Å². The molecule has 2 nitrogen and oxygen atoms in total. The van der Waals surface area contributed by atoms with Crippen molar-refractivity contribution in [2.45, 2.75) is 6.92 Å². The smallest absolute Gasteiger partial charge is 0.0903 e. The van der Waals surface area contributed by atoms with E-state index in [0.717, 1.165) is 16.6 Å². The van der Waals surface area contributed by atoms with E-state index in [-0.39, 0.29) is 0 Å². The molecule has 3 heterocycles. The third kappa shape index (κ3) is 1.02. The predicted molar refractivity (Wildman–Crippen MR) is 59.7 cm³/mol. The van der Waals surface area contributed by atoms with Crippen molar-refractivity contribution < 1.29 is 0 Å². The number of nitrogens with zero attached hydrogens (tertiary/aromatic N) is 2. The average Bonchev–Trinajstić information content (AvgIpc) is 2.54. The number of aromatic nitrogens is 2. The lowest BCUT2D eigenvalue weighted by Crippen LogP contribution is -1.77. The second-order valence-corrected chi connectivity index (χ2v) is 4.36. The molecule has 0 atom stereocenters. The second kappa shape index (κ2) is 2.75. The molecule has 0 fully saturated rings. The van der Waals surface area contributed by atoms with Gasteiger partial charge in [-0.3, -0.25) is 9.97 Å². The molecule has 3 aromatic heterocycles. The van der Waals surface area contributed by atoms with E-state index in [9.17, 15) is 0 Å². The first kappa shape index (κ1) is 7.88. The zero-order valence-electron chi connectivity index (χ0n) is 7.69. The third-order valence-corrected chi connectivity index (χ3v) is 3.36. The average molecular weight is 200 g/mol. The molecule has 3 aromatic rings. The van der Waals surface area contributed by atoms with Gasteiger partial charge in [-0.2, -0.15) is 0 Å². The standard InChI is InChI=1S/C11H8N2S/c1-7-5-10-8(6-13-7)11-9(14-10)3-2-4-12-11/h2-6H,1H3. The number of fused-ring (bicyclic) bond motifs is 3. The SMILES string of the molecule is Cc1cc2sc3cccnc3c2cn1. The number of thiophene rings is 1. The fourth-order valence-electron chi connectivity index (χ4n) is 1.59. The van der Waals surface area contributed by atoms with E-state index < -0.39 is 0 Å². The van der Waals surface area contributed by atoms with Gasteiger partial charge in [-0.1, -0.05) is 0 Å². The summed E-state index contributed by atoms with van der Waals surface area (Å²) in [4.78, 5) is 8.67. The van der Waals surface area contributed by atoms with Crippen molar-refractivity contribution in [1.82, 2.24) is 9.97 Å². The molecular weight excluding hydrogens is 192 g/mol. The van der Waals surface area contributed by atoms with Gasteiger partial charge in [0.05, 0.1) is 10.2 Å². The predicted octanol–water partition coefficient (Wildman–Crippen LogP) is 3.15. The summed E-state index contributed by atoms with van der Waals surface area (Å²) in [6.07, 6.45) is 3.74. The highest BCUT2D eigenvalue weighted by molar-refractivity contribution is 7.25. The maximum absolute atomic E-state index is 4.37. The zero-order valence-corrected chi connectivity index (χ0v) is 8.51. The third-order valence-electron chi connectivity index (χ3n) is 2.25. The maximum Gasteiger partial charge on any atom is 0.0903 e. The van der Waals surface area contributed by atoms with Crippen LogP contribution in [0.1, 0.15) is 5.69 Å². The van der Waals surface area contributed by atoms with E-state index in [4.69, 9.17) is 0 Å². The highest BCUT2D eigenvalue weighted by atomic mass is 32.1. The van der Waals surface area contributed by atoms with E-state index in [1.165, 1.54) is 9.40 Å². The van der Waals surface area contributed by atoms with Crippen molar-refractivity contribution in [3.05, 3.63) is 36.3 Å². The van der Waals surface area contributed by atoms with Crippen LogP contribution < -0.4 is 0 Å². The molecule has 3 rings (SSSR count). The molecule has 0 aliphatic rings. The van der Waals surface area contributed by atoms with Crippen LogP contribution in [0.15, 0.2) is 30.6 Å². The van der Waals surface area contributed by atoms with Gasteiger partial charge in [0.15, 0.2) is 0 Å². The van der Waals surface area contributed by atoms with Gasteiger partial charge in [-0.15, -0.1) is 11.3 Å². The number of pyridine rings is 2. The van der Waals surface area contributed by atoms with Gasteiger partial charge >= 0.3 is 0 Å². The van der Waals surface area contributed by atoms with Crippen molar-refractivity contribution in [3.63, 3.8) is 0 Å². The number of hydrogen-bond acceptors (Lipinski definition) is 3. The largest absolute Gasteiger partial charge is 0.261 e. The Balaban J connectivity index is 2.57. The van der Waals surface area contributed by atoms with Crippen LogP contribution in [-0.4, -0.2) is 9.97 Å². The first-order chi connectivity index (χ1) is 6.84. The van der Waals surface area contributed by atoms with Crippen molar-refractivity contribution >= 4 is 31.6 Å². The van der Waals surface area contributed by atoms with Crippen molar-refractivity contribution in [1.29, 1.82) is 0 Å². The van der Waals surface area contributed by atoms with Crippen LogP contribution in [-0.2, 0) is 0 Å². The van der Waals surface area contributed by atoms with Gasteiger partial charge in [-0.05, 0) is 25.1 Å². The first-order valence-electron chi connectivity index (χ1n) is 4.44. The number of aryl methyl sites for hydroxylation is 1. The van der Waals surface area contributed by atoms with Gasteiger partial charge < -0.3 is 0 Å². The van der Waals surface area contributed by atoms with Gasteiger partial charge in [0.2, 0.25) is 0 Å². The highest BCUT2D eigenvalue weighted by Crippen LogP contribution is 2.31. The minimum atomic E-state index is 1.06. The fourth-order valence-corrected chi connectivity index (χ4v) is 2.72. The monoisotopic (exact) mass is 200 g/mol. The Kier molecular flexibility index (Phi) is 1.55. The number of hydrogen-bond donors (Lipinski definition) is 0. The van der Waals surface area contributed by atoms with E-state index in [1.807, 2.05) is 25.4 Å². The Labute approximate surface area is 85.2 Å². The van der Waals surface area contributed by atoms with Gasteiger partial charge in [0.25, 0.3) is 0 Å². The molecule has 3 heteroatoms. The fraction of sp³-hybridized carbons (Fsp3) is 0.0909. The molecule has 0 amide bonds. The van der Waals surface area contributed by atoms with Crippen LogP contribution in [0.3, 0.4) is 0 Å². The summed E-state index contributed by atoms with van der Waals surface area (Å²) >= 11 is 1.77. The molecule has 0 aliphatic heterocycles. The van der Waals surface area contributed by atoms with Crippen LogP contribution in [0.25, 0.3) is 20.3 Å². The second-order valence-electron chi connectivity index (χ2n) is 3.27. The van der Waals surface area contributed by atoms with Crippen molar-refractivity contribution in [3.8, 4) is 0 Å². The minimum Gasteiger partial charge on any atom is -0.261 e. The molecule has 0 bridgehead atoms. The van der Waals surface area contributed by atoms with E-state index in [2.05, 4.69) is 22.1 Å². The van der Waals surface area contributed by atoms with Gasteiger partial charge in [0, 0.05) is 28.2 Å². The molecule has 0 saturated carbocycles. The molecule has 0 spiro atoms. The van der Waals surface area contributed by atoms with Crippen LogP contribution in [0.4, 0.5) is 0 Å². The normalized spacial score (nSPS) is 11.2. The molecule has 68 valence electrons. The summed E-state index contributed by atoms with van der Waals surface area (Å²) in [7, 11) is 0. The summed E-state index contributed by atoms with van der Waals surface area (Å²) in [6, 6.07) is 6.18. The van der Waals surface area contributed by atoms with E-state index in [0.29, 0.717) is 0 Å². The Morgan fingerprint density at radius 2 is 2.14 bits per heavy atom. The Morgan fingerprint density at radius 3 is 3.07 bits per heavy atom. The van der Waals surface area contributed by atoms with Crippen molar-refractivity contribution in [2.75, 3.05) is 0 Å². The van der Waals surface area contributed by atoms with Gasteiger partial charge in [0.1, 0.15) is 0 Å². The van der Waals surface area contributed by atoms with Gasteiger partial charge in [-0.25, -0.2) is 0 Å². The zero-order chi connectivity index (χ0) is 9.54. The molecule has 0 aliphatic carbocycles. The Morgan fingerprint density at radius 1 is 1.21 bits per heavy atom. The topological polar surface area (TPSA) is 25.8 Å². The summed E-state index contributed by atoms with van der Waals surface area (Å²) in [5, 5.41) is 1.16. The molecule has 0 N–H and O–H groups in total. The molecule has 0 aromatic carbocycles. The molecule has 14 heavy (non-hydrogen) atoms. The van der Waals surface area contributed by atoms with Crippen LogP contribution in [0, 0.1) is 6.92 Å². The van der Waals surface area contributed by atoms with E-state index >= 15 is 0 Å². The first-order valence-corrected chi connectivity index (χ1v) is 5.26. The molecule has 0 unspecified atom stereocenters. The quantitative estimate of drug-likeness (QED) is 0.557. The maximum atomic E-state index is 4.37. The van der Waals surface area contributed by atoms with Crippen LogP contribution in [0.2, 0.25) is 0 Å². The molecular formula is C11H8N2S. The lowest BCUT2D eigenvalue weighted by atomic mass is 10.2. The number of rotatable bonds is 0. The summed E-state index contributed by atoms with van der Waals surface area (Å²) in [5.41, 5.74) is 2.13. The van der Waals surface area contributed by atoms with Crippen LogP contribution >= 0.6 is 11.3 Å². The molecule has 0 saturated heterocycles. The van der Waals surface area contributed by atoms with E-state index in [1.54, 1.807) is 11.3 Å². The Hall–Kier alpha value is -1.48.